The average Bonchev–Trinajstić information content (AvgIpc) is 2.53. The third-order valence-electron chi connectivity index (χ3n) is 2.32. The van der Waals surface area contributed by atoms with E-state index in [0.717, 1.165) is 11.0 Å². The number of hydrogen-bond acceptors (Lipinski definition) is 1. The van der Waals surface area contributed by atoms with E-state index in [2.05, 4.69) is 33.4 Å². The zero-order valence-corrected chi connectivity index (χ0v) is 8.67. The van der Waals surface area contributed by atoms with Gasteiger partial charge in [-0.1, -0.05) is 28.1 Å². The van der Waals surface area contributed by atoms with Crippen LogP contribution in [-0.4, -0.2) is 12.5 Å². The molecule has 2 rings (SSSR count). The molecule has 1 N–H and O–H groups in total. The number of rotatable bonds is 1. The summed E-state index contributed by atoms with van der Waals surface area (Å²) in [6.07, 6.45) is 0.627. The molecule has 1 aromatic carbocycles. The fraction of sp³-hybridized carbons (Fsp3) is 0.300. The van der Waals surface area contributed by atoms with Gasteiger partial charge in [0.05, 0.1) is 0 Å². The summed E-state index contributed by atoms with van der Waals surface area (Å²) in [5.41, 5.74) is 1.24. The molecule has 68 valence electrons. The van der Waals surface area contributed by atoms with E-state index in [9.17, 15) is 4.79 Å². The van der Waals surface area contributed by atoms with Crippen LogP contribution in [-0.2, 0) is 4.79 Å². The Morgan fingerprint density at radius 2 is 2.00 bits per heavy atom. The predicted molar refractivity (Wildman–Crippen MR) is 54.5 cm³/mol. The summed E-state index contributed by atoms with van der Waals surface area (Å²) in [7, 11) is 0. The second-order valence-corrected chi connectivity index (χ2v) is 4.17. The lowest BCUT2D eigenvalue weighted by atomic mass is 9.99. The van der Waals surface area contributed by atoms with Crippen LogP contribution < -0.4 is 5.32 Å². The van der Waals surface area contributed by atoms with E-state index in [0.29, 0.717) is 12.3 Å². The Morgan fingerprint density at radius 1 is 1.31 bits per heavy atom. The topological polar surface area (TPSA) is 29.1 Å². The van der Waals surface area contributed by atoms with Crippen molar-refractivity contribution in [2.45, 2.75) is 12.3 Å². The highest BCUT2D eigenvalue weighted by Crippen LogP contribution is 2.24. The fourth-order valence-corrected chi connectivity index (χ4v) is 1.84. The number of hydrogen-bond donors (Lipinski definition) is 1. The summed E-state index contributed by atoms with van der Waals surface area (Å²) in [6.45, 7) is 0.778. The van der Waals surface area contributed by atoms with Crippen molar-refractivity contribution < 1.29 is 4.79 Å². The number of benzene rings is 1. The van der Waals surface area contributed by atoms with Gasteiger partial charge in [-0.15, -0.1) is 0 Å². The fourth-order valence-electron chi connectivity index (χ4n) is 1.58. The summed E-state index contributed by atoms with van der Waals surface area (Å²) in [4.78, 5) is 11.0. The molecule has 1 saturated heterocycles. The maximum absolute atomic E-state index is 11.0. The molecule has 1 fully saturated rings. The molecule has 1 heterocycles. The second kappa shape index (κ2) is 3.50. The van der Waals surface area contributed by atoms with Crippen LogP contribution in [0.25, 0.3) is 0 Å². The average molecular weight is 240 g/mol. The van der Waals surface area contributed by atoms with Gasteiger partial charge >= 0.3 is 0 Å². The minimum absolute atomic E-state index is 0.160. The van der Waals surface area contributed by atoms with Crippen LogP contribution in [0.1, 0.15) is 17.9 Å². The van der Waals surface area contributed by atoms with Gasteiger partial charge in [-0.25, -0.2) is 0 Å². The molecule has 1 amide bonds. The van der Waals surface area contributed by atoms with Crippen LogP contribution >= 0.6 is 15.9 Å². The van der Waals surface area contributed by atoms with E-state index in [4.69, 9.17) is 0 Å². The lowest BCUT2D eigenvalue weighted by Gasteiger charge is -2.06. The zero-order chi connectivity index (χ0) is 9.26. The molecule has 3 heteroatoms. The summed E-state index contributed by atoms with van der Waals surface area (Å²) < 4.78 is 1.08. The number of carbonyl (C=O) groups excluding carboxylic acids is 1. The van der Waals surface area contributed by atoms with Crippen LogP contribution in [0.3, 0.4) is 0 Å². The van der Waals surface area contributed by atoms with Gasteiger partial charge in [0.25, 0.3) is 0 Å². The summed E-state index contributed by atoms with van der Waals surface area (Å²) in [5.74, 6) is 0.522. The molecular weight excluding hydrogens is 230 g/mol. The normalized spacial score (nSPS) is 21.6. The van der Waals surface area contributed by atoms with Crippen molar-refractivity contribution in [2.24, 2.45) is 0 Å². The van der Waals surface area contributed by atoms with Gasteiger partial charge in [-0.3, -0.25) is 4.79 Å². The van der Waals surface area contributed by atoms with Crippen LogP contribution in [0.15, 0.2) is 28.7 Å². The SMILES string of the molecule is O=C1C[C@@H](c2ccc(Br)cc2)CN1. The molecular formula is C10H10BrNO. The van der Waals surface area contributed by atoms with E-state index >= 15 is 0 Å². The molecule has 1 aliphatic rings. The van der Waals surface area contributed by atoms with Crippen molar-refractivity contribution in [2.75, 3.05) is 6.54 Å². The first-order chi connectivity index (χ1) is 6.25. The second-order valence-electron chi connectivity index (χ2n) is 3.26. The number of nitrogens with one attached hydrogen (secondary N) is 1. The number of halogens is 1. The van der Waals surface area contributed by atoms with Crippen molar-refractivity contribution in [1.29, 1.82) is 0 Å². The maximum Gasteiger partial charge on any atom is 0.220 e. The first kappa shape index (κ1) is 8.75. The third-order valence-corrected chi connectivity index (χ3v) is 2.85. The smallest absolute Gasteiger partial charge is 0.220 e. The number of amides is 1. The van der Waals surface area contributed by atoms with Crippen molar-refractivity contribution in [1.82, 2.24) is 5.32 Å². The van der Waals surface area contributed by atoms with Gasteiger partial charge in [-0.2, -0.15) is 0 Å². The standard InChI is InChI=1S/C10H10BrNO/c11-9-3-1-7(2-4-9)8-5-10(13)12-6-8/h1-4,8H,5-6H2,(H,12,13)/t8-/m1/s1. The monoisotopic (exact) mass is 239 g/mol. The largest absolute Gasteiger partial charge is 0.355 e. The molecule has 0 bridgehead atoms. The molecule has 1 aromatic rings. The summed E-state index contributed by atoms with van der Waals surface area (Å²) in [6, 6.07) is 8.15. The van der Waals surface area contributed by atoms with Crippen LogP contribution in [0, 0.1) is 0 Å². The van der Waals surface area contributed by atoms with E-state index in [1.165, 1.54) is 5.56 Å². The molecule has 0 radical (unpaired) electrons. The van der Waals surface area contributed by atoms with E-state index in [1.807, 2.05) is 12.1 Å². The van der Waals surface area contributed by atoms with Crippen molar-refractivity contribution in [3.8, 4) is 0 Å². The molecule has 1 atom stereocenters. The highest BCUT2D eigenvalue weighted by molar-refractivity contribution is 9.10. The Balaban J connectivity index is 2.17. The lowest BCUT2D eigenvalue weighted by molar-refractivity contribution is -0.119. The van der Waals surface area contributed by atoms with Crippen molar-refractivity contribution >= 4 is 21.8 Å². The Hall–Kier alpha value is -0.830. The first-order valence-corrected chi connectivity index (χ1v) is 5.07. The van der Waals surface area contributed by atoms with E-state index in [1.54, 1.807) is 0 Å². The molecule has 0 spiro atoms. The van der Waals surface area contributed by atoms with Gasteiger partial charge in [0.15, 0.2) is 0 Å². The van der Waals surface area contributed by atoms with Crippen molar-refractivity contribution in [3.63, 3.8) is 0 Å². The van der Waals surface area contributed by atoms with Crippen LogP contribution in [0.2, 0.25) is 0 Å². The van der Waals surface area contributed by atoms with Crippen molar-refractivity contribution in [3.05, 3.63) is 34.3 Å². The molecule has 2 nitrogen and oxygen atoms in total. The Kier molecular flexibility index (Phi) is 2.36. The Morgan fingerprint density at radius 3 is 2.54 bits per heavy atom. The van der Waals surface area contributed by atoms with Crippen LogP contribution in [0.4, 0.5) is 0 Å². The van der Waals surface area contributed by atoms with Gasteiger partial charge in [0.2, 0.25) is 5.91 Å². The maximum atomic E-state index is 11.0. The minimum Gasteiger partial charge on any atom is -0.355 e. The molecule has 0 unspecified atom stereocenters. The van der Waals surface area contributed by atoms with Crippen LogP contribution in [0.5, 0.6) is 0 Å². The minimum atomic E-state index is 0.160. The predicted octanol–water partition coefficient (Wildman–Crippen LogP) is 2.05. The third kappa shape index (κ3) is 1.91. The zero-order valence-electron chi connectivity index (χ0n) is 7.09. The van der Waals surface area contributed by atoms with Gasteiger partial charge in [0, 0.05) is 23.4 Å². The Bertz CT molecular complexity index is 320. The molecule has 1 aliphatic heterocycles. The quantitative estimate of drug-likeness (QED) is 0.799. The highest BCUT2D eigenvalue weighted by atomic mass is 79.9. The summed E-state index contributed by atoms with van der Waals surface area (Å²) >= 11 is 3.38. The lowest BCUT2D eigenvalue weighted by Crippen LogP contribution is -2.13. The highest BCUT2D eigenvalue weighted by Gasteiger charge is 2.22. The van der Waals surface area contributed by atoms with E-state index in [-0.39, 0.29) is 5.91 Å². The molecule has 0 aliphatic carbocycles. The van der Waals surface area contributed by atoms with E-state index < -0.39 is 0 Å². The van der Waals surface area contributed by atoms with Gasteiger partial charge in [0.1, 0.15) is 0 Å². The number of carbonyl (C=O) groups is 1. The molecule has 0 aromatic heterocycles. The summed E-state index contributed by atoms with van der Waals surface area (Å²) in [5, 5.41) is 2.83. The molecule has 13 heavy (non-hydrogen) atoms. The van der Waals surface area contributed by atoms with Gasteiger partial charge in [-0.05, 0) is 17.7 Å². The molecule has 0 saturated carbocycles. The first-order valence-electron chi connectivity index (χ1n) is 4.28. The van der Waals surface area contributed by atoms with Gasteiger partial charge < -0.3 is 5.32 Å². The Labute approximate surface area is 85.5 Å².